The number of carbonyl (C=O) groups excluding carboxylic acids is 1. The third kappa shape index (κ3) is 4.81. The van der Waals surface area contributed by atoms with Crippen molar-refractivity contribution >= 4 is 33.2 Å². The highest BCUT2D eigenvalue weighted by Crippen LogP contribution is 2.31. The van der Waals surface area contributed by atoms with Crippen LogP contribution in [0.2, 0.25) is 5.02 Å². The van der Waals surface area contributed by atoms with Crippen LogP contribution in [0.15, 0.2) is 71.6 Å². The average molecular weight is 473 g/mol. The standard InChI is InChI=1S/C23H21ClN2O5S/c1-15-6-2-3-7-19(15)26-32(28,29)22-12-16(10-11-18(22)24)23(27)25-13-17-14-30-20-8-4-5-9-21(20)31-17/h2-12,17,26H,13-14H2,1H3,(H,25,27)/t17-/m0/s1. The minimum absolute atomic E-state index is 0.0169. The van der Waals surface area contributed by atoms with Crippen LogP contribution in [-0.4, -0.2) is 33.6 Å². The molecule has 0 saturated carbocycles. The molecular weight excluding hydrogens is 452 g/mol. The lowest BCUT2D eigenvalue weighted by atomic mass is 10.2. The number of benzene rings is 3. The Kier molecular flexibility index (Phi) is 6.25. The number of hydrogen-bond donors (Lipinski definition) is 2. The monoisotopic (exact) mass is 472 g/mol. The number of carbonyl (C=O) groups is 1. The number of anilines is 1. The van der Waals surface area contributed by atoms with Crippen molar-refractivity contribution in [3.8, 4) is 11.5 Å². The van der Waals surface area contributed by atoms with Gasteiger partial charge in [-0.05, 0) is 48.9 Å². The van der Waals surface area contributed by atoms with E-state index in [4.69, 9.17) is 21.1 Å². The molecule has 0 unspecified atom stereocenters. The summed E-state index contributed by atoms with van der Waals surface area (Å²) in [6, 6.07) is 18.4. The predicted octanol–water partition coefficient (Wildman–Crippen LogP) is 4.02. The maximum atomic E-state index is 12.9. The molecule has 32 heavy (non-hydrogen) atoms. The average Bonchev–Trinajstić information content (AvgIpc) is 2.79. The fourth-order valence-electron chi connectivity index (χ4n) is 3.21. The number of halogens is 1. The van der Waals surface area contributed by atoms with Crippen molar-refractivity contribution in [3.63, 3.8) is 0 Å². The van der Waals surface area contributed by atoms with Crippen molar-refractivity contribution in [3.05, 3.63) is 82.9 Å². The third-order valence-electron chi connectivity index (χ3n) is 4.93. The number of nitrogens with one attached hydrogen (secondary N) is 2. The van der Waals surface area contributed by atoms with Crippen LogP contribution in [0.3, 0.4) is 0 Å². The Bertz CT molecular complexity index is 1260. The Morgan fingerprint density at radius 1 is 1.06 bits per heavy atom. The molecule has 1 amide bonds. The molecule has 3 aromatic carbocycles. The van der Waals surface area contributed by atoms with E-state index < -0.39 is 15.9 Å². The lowest BCUT2D eigenvalue weighted by molar-refractivity contribution is 0.0789. The fourth-order valence-corrected chi connectivity index (χ4v) is 4.87. The normalized spacial score (nSPS) is 15.1. The van der Waals surface area contributed by atoms with Crippen molar-refractivity contribution in [2.75, 3.05) is 17.9 Å². The Morgan fingerprint density at radius 2 is 1.78 bits per heavy atom. The van der Waals surface area contributed by atoms with Crippen LogP contribution in [0.1, 0.15) is 15.9 Å². The molecule has 0 aliphatic carbocycles. The van der Waals surface area contributed by atoms with Gasteiger partial charge in [0.1, 0.15) is 17.6 Å². The van der Waals surface area contributed by atoms with Gasteiger partial charge >= 0.3 is 0 Å². The molecule has 1 aliphatic rings. The summed E-state index contributed by atoms with van der Waals surface area (Å²) >= 11 is 6.15. The summed E-state index contributed by atoms with van der Waals surface area (Å²) in [5.41, 5.74) is 1.36. The highest BCUT2D eigenvalue weighted by molar-refractivity contribution is 7.92. The number of sulfonamides is 1. The van der Waals surface area contributed by atoms with E-state index in [-0.39, 0.29) is 34.7 Å². The van der Waals surface area contributed by atoms with Gasteiger partial charge in [-0.25, -0.2) is 8.42 Å². The first-order valence-electron chi connectivity index (χ1n) is 9.88. The van der Waals surface area contributed by atoms with Crippen LogP contribution >= 0.6 is 11.6 Å². The van der Waals surface area contributed by atoms with Crippen molar-refractivity contribution in [2.45, 2.75) is 17.9 Å². The highest BCUT2D eigenvalue weighted by atomic mass is 35.5. The summed E-state index contributed by atoms with van der Waals surface area (Å²) in [6.07, 6.45) is -0.368. The SMILES string of the molecule is Cc1ccccc1NS(=O)(=O)c1cc(C(=O)NC[C@H]2COc3ccccc3O2)ccc1Cl. The minimum Gasteiger partial charge on any atom is -0.486 e. The van der Waals surface area contributed by atoms with Crippen LogP contribution in [0.25, 0.3) is 0 Å². The van der Waals surface area contributed by atoms with E-state index in [1.165, 1.54) is 18.2 Å². The summed E-state index contributed by atoms with van der Waals surface area (Å²) in [6.45, 7) is 2.27. The molecule has 7 nitrogen and oxygen atoms in total. The second-order valence-electron chi connectivity index (χ2n) is 7.27. The van der Waals surface area contributed by atoms with E-state index in [1.807, 2.05) is 24.3 Å². The number of fused-ring (bicyclic) bond motifs is 1. The van der Waals surface area contributed by atoms with Gasteiger partial charge in [0.05, 0.1) is 17.3 Å². The number of para-hydroxylation sites is 3. The van der Waals surface area contributed by atoms with Gasteiger partial charge in [-0.1, -0.05) is 41.9 Å². The first-order chi connectivity index (χ1) is 15.3. The molecule has 2 N–H and O–H groups in total. The summed E-state index contributed by atoms with van der Waals surface area (Å²) in [5, 5.41) is 2.77. The summed E-state index contributed by atoms with van der Waals surface area (Å²) in [7, 11) is -4.00. The van der Waals surface area contributed by atoms with Gasteiger partial charge < -0.3 is 14.8 Å². The van der Waals surface area contributed by atoms with Crippen LogP contribution < -0.4 is 19.5 Å². The van der Waals surface area contributed by atoms with Gasteiger partial charge in [0, 0.05) is 5.56 Å². The Morgan fingerprint density at radius 3 is 2.56 bits per heavy atom. The van der Waals surface area contributed by atoms with Gasteiger partial charge in [0.25, 0.3) is 15.9 Å². The second kappa shape index (κ2) is 9.10. The first kappa shape index (κ1) is 22.0. The van der Waals surface area contributed by atoms with Crippen molar-refractivity contribution in [1.82, 2.24) is 5.32 Å². The lowest BCUT2D eigenvalue weighted by Crippen LogP contribution is -2.40. The molecule has 0 radical (unpaired) electrons. The molecule has 1 heterocycles. The molecule has 0 saturated heterocycles. The van der Waals surface area contributed by atoms with E-state index >= 15 is 0 Å². The number of rotatable bonds is 6. The Balaban J connectivity index is 1.46. The fraction of sp³-hybridized carbons (Fsp3) is 0.174. The van der Waals surface area contributed by atoms with E-state index in [1.54, 1.807) is 31.2 Å². The Labute approximate surface area is 191 Å². The summed E-state index contributed by atoms with van der Waals surface area (Å²) in [4.78, 5) is 12.5. The van der Waals surface area contributed by atoms with Crippen LogP contribution in [0.5, 0.6) is 11.5 Å². The van der Waals surface area contributed by atoms with E-state index in [0.29, 0.717) is 17.2 Å². The molecule has 4 rings (SSSR count). The zero-order valence-electron chi connectivity index (χ0n) is 17.2. The predicted molar refractivity (Wildman–Crippen MR) is 122 cm³/mol. The molecule has 0 fully saturated rings. The van der Waals surface area contributed by atoms with Crippen molar-refractivity contribution in [2.24, 2.45) is 0 Å². The maximum Gasteiger partial charge on any atom is 0.263 e. The van der Waals surface area contributed by atoms with E-state index in [0.717, 1.165) is 5.56 Å². The zero-order valence-corrected chi connectivity index (χ0v) is 18.7. The van der Waals surface area contributed by atoms with Gasteiger partial charge in [-0.2, -0.15) is 0 Å². The highest BCUT2D eigenvalue weighted by Gasteiger charge is 2.23. The molecule has 1 aliphatic heterocycles. The molecular formula is C23H21ClN2O5S. The zero-order chi connectivity index (χ0) is 22.7. The molecule has 3 aromatic rings. The molecule has 0 spiro atoms. The van der Waals surface area contributed by atoms with E-state index in [9.17, 15) is 13.2 Å². The molecule has 1 atom stereocenters. The molecule has 9 heteroatoms. The second-order valence-corrected chi connectivity index (χ2v) is 9.33. The van der Waals surface area contributed by atoms with Gasteiger partial charge in [0.15, 0.2) is 11.5 Å². The minimum atomic E-state index is -4.00. The van der Waals surface area contributed by atoms with Crippen LogP contribution in [0, 0.1) is 6.92 Å². The van der Waals surface area contributed by atoms with E-state index in [2.05, 4.69) is 10.0 Å². The largest absolute Gasteiger partial charge is 0.486 e. The number of aryl methyl sites for hydroxylation is 1. The Hall–Kier alpha value is -3.23. The lowest BCUT2D eigenvalue weighted by Gasteiger charge is -2.26. The van der Waals surface area contributed by atoms with Crippen LogP contribution in [0.4, 0.5) is 5.69 Å². The molecule has 0 bridgehead atoms. The number of amides is 1. The molecule has 166 valence electrons. The smallest absolute Gasteiger partial charge is 0.263 e. The van der Waals surface area contributed by atoms with Gasteiger partial charge in [-0.3, -0.25) is 9.52 Å². The topological polar surface area (TPSA) is 93.7 Å². The first-order valence-corrected chi connectivity index (χ1v) is 11.7. The third-order valence-corrected chi connectivity index (χ3v) is 6.78. The van der Waals surface area contributed by atoms with Crippen molar-refractivity contribution in [1.29, 1.82) is 0 Å². The number of ether oxygens (including phenoxy) is 2. The summed E-state index contributed by atoms with van der Waals surface area (Å²) < 4.78 is 39.8. The number of hydrogen-bond acceptors (Lipinski definition) is 5. The summed E-state index contributed by atoms with van der Waals surface area (Å²) in [5.74, 6) is 0.820. The quantitative estimate of drug-likeness (QED) is 0.565. The molecule has 0 aromatic heterocycles. The van der Waals surface area contributed by atoms with Crippen LogP contribution in [-0.2, 0) is 10.0 Å². The van der Waals surface area contributed by atoms with Gasteiger partial charge in [-0.15, -0.1) is 0 Å². The van der Waals surface area contributed by atoms with Crippen molar-refractivity contribution < 1.29 is 22.7 Å². The maximum absolute atomic E-state index is 12.9. The van der Waals surface area contributed by atoms with Gasteiger partial charge in [0.2, 0.25) is 0 Å².